The molecule has 19 heavy (non-hydrogen) atoms. The van der Waals surface area contributed by atoms with E-state index in [1.807, 2.05) is 0 Å². The second kappa shape index (κ2) is 5.38. The summed E-state index contributed by atoms with van der Waals surface area (Å²) in [5.41, 5.74) is -0.521. The highest BCUT2D eigenvalue weighted by Gasteiger charge is 2.47. The first-order chi connectivity index (χ1) is 8.91. The van der Waals surface area contributed by atoms with Gasteiger partial charge in [-0.25, -0.2) is 8.42 Å². The summed E-state index contributed by atoms with van der Waals surface area (Å²) >= 11 is 0. The molecule has 0 aromatic rings. The van der Waals surface area contributed by atoms with Crippen LogP contribution in [0.15, 0.2) is 0 Å². The molecule has 2 rings (SSSR count). The van der Waals surface area contributed by atoms with Crippen molar-refractivity contribution < 1.29 is 27.8 Å². The summed E-state index contributed by atoms with van der Waals surface area (Å²) in [5, 5.41) is 7.12. The molecule has 110 valence electrons. The number of carbonyl (C=O) groups is 1. The Hall–Kier alpha value is -0.660. The standard InChI is InChI=1S/C12H20O6S/c1-2-10(11(13)14)19(15,16)9-3-5-18-12(7-9)4-6-17-8-12/h9-10H,2-8H2,1H3,(H,13,14). The normalized spacial score (nSPS) is 33.4. The van der Waals surface area contributed by atoms with Crippen molar-refractivity contribution in [2.75, 3.05) is 19.8 Å². The Kier molecular flexibility index (Phi) is 4.17. The van der Waals surface area contributed by atoms with Gasteiger partial charge in [-0.05, 0) is 19.3 Å². The maximum Gasteiger partial charge on any atom is 0.321 e. The lowest BCUT2D eigenvalue weighted by atomic mass is 9.93. The number of ether oxygens (including phenoxy) is 2. The van der Waals surface area contributed by atoms with Crippen LogP contribution in [-0.2, 0) is 24.1 Å². The third-order valence-corrected chi connectivity index (χ3v) is 6.68. The van der Waals surface area contributed by atoms with Crippen LogP contribution in [0.3, 0.4) is 0 Å². The van der Waals surface area contributed by atoms with Crippen LogP contribution >= 0.6 is 0 Å². The Balaban J connectivity index is 2.18. The minimum Gasteiger partial charge on any atom is -0.480 e. The predicted octanol–water partition coefficient (Wildman–Crippen LogP) is 0.602. The summed E-state index contributed by atoms with van der Waals surface area (Å²) in [6, 6.07) is 0. The van der Waals surface area contributed by atoms with Crippen LogP contribution in [0.5, 0.6) is 0 Å². The molecule has 2 heterocycles. The second-order valence-corrected chi connectivity index (χ2v) is 7.69. The SMILES string of the molecule is CCC(C(=O)O)S(=O)(=O)C1CCOC2(CCOC2)C1. The molecule has 0 amide bonds. The van der Waals surface area contributed by atoms with Crippen LogP contribution in [0, 0.1) is 0 Å². The largest absolute Gasteiger partial charge is 0.480 e. The molecule has 1 N–H and O–H groups in total. The first kappa shape index (κ1) is 14.7. The molecule has 7 heteroatoms. The number of aliphatic carboxylic acids is 1. The lowest BCUT2D eigenvalue weighted by Gasteiger charge is -2.37. The van der Waals surface area contributed by atoms with E-state index in [4.69, 9.17) is 14.6 Å². The number of carboxylic acids is 1. The minimum atomic E-state index is -3.67. The zero-order chi connectivity index (χ0) is 14.1. The number of hydrogen-bond donors (Lipinski definition) is 1. The zero-order valence-electron chi connectivity index (χ0n) is 11.0. The van der Waals surface area contributed by atoms with E-state index < -0.39 is 31.9 Å². The molecule has 3 atom stereocenters. The van der Waals surface area contributed by atoms with Crippen LogP contribution in [-0.4, -0.2) is 55.4 Å². The predicted molar refractivity (Wildman–Crippen MR) is 67.8 cm³/mol. The average molecular weight is 292 g/mol. The maximum atomic E-state index is 12.4. The highest BCUT2D eigenvalue weighted by Crippen LogP contribution is 2.36. The van der Waals surface area contributed by atoms with E-state index in [0.29, 0.717) is 39.1 Å². The summed E-state index contributed by atoms with van der Waals surface area (Å²) in [6.45, 7) is 2.92. The summed E-state index contributed by atoms with van der Waals surface area (Å²) in [6.07, 6.45) is 1.49. The van der Waals surface area contributed by atoms with Crippen LogP contribution in [0.1, 0.15) is 32.6 Å². The van der Waals surface area contributed by atoms with Gasteiger partial charge < -0.3 is 14.6 Å². The van der Waals surface area contributed by atoms with E-state index in [2.05, 4.69) is 0 Å². The van der Waals surface area contributed by atoms with Crippen molar-refractivity contribution in [3.8, 4) is 0 Å². The Morgan fingerprint density at radius 1 is 1.47 bits per heavy atom. The van der Waals surface area contributed by atoms with E-state index in [9.17, 15) is 13.2 Å². The van der Waals surface area contributed by atoms with Crippen LogP contribution in [0.2, 0.25) is 0 Å². The fourth-order valence-electron chi connectivity index (χ4n) is 2.91. The lowest BCUT2D eigenvalue weighted by Crippen LogP contribution is -2.48. The van der Waals surface area contributed by atoms with Crippen LogP contribution in [0.4, 0.5) is 0 Å². The molecule has 0 saturated carbocycles. The van der Waals surface area contributed by atoms with Crippen molar-refractivity contribution in [3.05, 3.63) is 0 Å². The van der Waals surface area contributed by atoms with Gasteiger partial charge in [0.15, 0.2) is 15.1 Å². The number of rotatable bonds is 4. The van der Waals surface area contributed by atoms with Crippen LogP contribution < -0.4 is 0 Å². The molecule has 0 aliphatic carbocycles. The van der Waals surface area contributed by atoms with E-state index in [1.165, 1.54) is 0 Å². The molecular weight excluding hydrogens is 272 g/mol. The number of sulfone groups is 1. The highest BCUT2D eigenvalue weighted by molar-refractivity contribution is 7.93. The third kappa shape index (κ3) is 2.78. The smallest absolute Gasteiger partial charge is 0.321 e. The summed E-state index contributed by atoms with van der Waals surface area (Å²) in [7, 11) is -3.67. The van der Waals surface area contributed by atoms with Gasteiger partial charge in [-0.1, -0.05) is 6.92 Å². The van der Waals surface area contributed by atoms with Crippen LogP contribution in [0.25, 0.3) is 0 Å². The molecule has 6 nitrogen and oxygen atoms in total. The maximum absolute atomic E-state index is 12.4. The average Bonchev–Trinajstić information content (AvgIpc) is 2.77. The Morgan fingerprint density at radius 2 is 2.21 bits per heavy atom. The van der Waals surface area contributed by atoms with Gasteiger partial charge in [0.2, 0.25) is 0 Å². The fraction of sp³-hybridized carbons (Fsp3) is 0.917. The number of hydrogen-bond acceptors (Lipinski definition) is 5. The Morgan fingerprint density at radius 3 is 2.74 bits per heavy atom. The van der Waals surface area contributed by atoms with E-state index in [1.54, 1.807) is 6.92 Å². The van der Waals surface area contributed by atoms with Crippen molar-refractivity contribution in [1.29, 1.82) is 0 Å². The van der Waals surface area contributed by atoms with Crippen molar-refractivity contribution in [3.63, 3.8) is 0 Å². The molecule has 0 radical (unpaired) electrons. The molecule has 0 aromatic heterocycles. The highest BCUT2D eigenvalue weighted by atomic mass is 32.2. The van der Waals surface area contributed by atoms with Gasteiger partial charge in [0.25, 0.3) is 0 Å². The summed E-state index contributed by atoms with van der Waals surface area (Å²) in [5.74, 6) is -1.26. The Labute approximate surface area is 113 Å². The van der Waals surface area contributed by atoms with Gasteiger partial charge in [0.1, 0.15) is 0 Å². The Bertz CT molecular complexity index is 437. The molecule has 1 spiro atoms. The zero-order valence-corrected chi connectivity index (χ0v) is 11.8. The van der Waals surface area contributed by atoms with Gasteiger partial charge >= 0.3 is 5.97 Å². The first-order valence-electron chi connectivity index (χ1n) is 6.58. The van der Waals surface area contributed by atoms with Gasteiger partial charge in [-0.2, -0.15) is 0 Å². The minimum absolute atomic E-state index is 0.0958. The fourth-order valence-corrected chi connectivity index (χ4v) is 5.08. The first-order valence-corrected chi connectivity index (χ1v) is 8.19. The topological polar surface area (TPSA) is 89.9 Å². The van der Waals surface area contributed by atoms with Crippen molar-refractivity contribution >= 4 is 15.8 Å². The lowest BCUT2D eigenvalue weighted by molar-refractivity contribution is -0.136. The van der Waals surface area contributed by atoms with E-state index in [0.717, 1.165) is 0 Å². The van der Waals surface area contributed by atoms with Crippen molar-refractivity contribution in [2.45, 2.75) is 48.7 Å². The van der Waals surface area contributed by atoms with Crippen molar-refractivity contribution in [1.82, 2.24) is 0 Å². The van der Waals surface area contributed by atoms with Gasteiger partial charge in [-0.15, -0.1) is 0 Å². The van der Waals surface area contributed by atoms with E-state index >= 15 is 0 Å². The monoisotopic (exact) mass is 292 g/mol. The van der Waals surface area contributed by atoms with Crippen molar-refractivity contribution in [2.24, 2.45) is 0 Å². The quantitative estimate of drug-likeness (QED) is 0.816. The molecule has 2 fully saturated rings. The molecule has 0 aromatic carbocycles. The summed E-state index contributed by atoms with van der Waals surface area (Å²) in [4.78, 5) is 11.1. The number of carboxylic acid groups (broad SMARTS) is 1. The van der Waals surface area contributed by atoms with E-state index in [-0.39, 0.29) is 6.42 Å². The van der Waals surface area contributed by atoms with Gasteiger partial charge in [0.05, 0.1) is 17.5 Å². The molecule has 2 aliphatic rings. The van der Waals surface area contributed by atoms with Gasteiger partial charge in [0, 0.05) is 19.6 Å². The molecule has 2 aliphatic heterocycles. The molecule has 3 unspecified atom stereocenters. The molecule has 2 saturated heterocycles. The molecule has 0 bridgehead atoms. The van der Waals surface area contributed by atoms with Gasteiger partial charge in [-0.3, -0.25) is 4.79 Å². The second-order valence-electron chi connectivity index (χ2n) is 5.27. The molecular formula is C12H20O6S. The summed E-state index contributed by atoms with van der Waals surface area (Å²) < 4.78 is 35.8. The third-order valence-electron chi connectivity index (χ3n) is 4.02.